The van der Waals surface area contributed by atoms with E-state index in [9.17, 15) is 4.79 Å². The van der Waals surface area contributed by atoms with Crippen LogP contribution in [-0.4, -0.2) is 35.6 Å². The summed E-state index contributed by atoms with van der Waals surface area (Å²) in [5.41, 5.74) is 0.924. The van der Waals surface area contributed by atoms with E-state index >= 15 is 0 Å². The van der Waals surface area contributed by atoms with Crippen LogP contribution in [0.15, 0.2) is 66.3 Å². The van der Waals surface area contributed by atoms with E-state index in [0.29, 0.717) is 6.04 Å². The van der Waals surface area contributed by atoms with Crippen LogP contribution in [0.2, 0.25) is 0 Å². The topological polar surface area (TPSA) is 29.5 Å². The molecule has 0 amide bonds. The number of piperidine rings is 1. The third-order valence-corrected chi connectivity index (χ3v) is 6.13. The van der Waals surface area contributed by atoms with E-state index in [2.05, 4.69) is 11.0 Å². The van der Waals surface area contributed by atoms with Crippen molar-refractivity contribution in [2.75, 3.05) is 13.1 Å². The van der Waals surface area contributed by atoms with Crippen LogP contribution in [0.1, 0.15) is 24.8 Å². The van der Waals surface area contributed by atoms with Gasteiger partial charge in [0.1, 0.15) is 5.41 Å². The van der Waals surface area contributed by atoms with Crippen molar-refractivity contribution in [2.45, 2.75) is 36.3 Å². The average molecular weight is 319 g/mol. The lowest BCUT2D eigenvalue weighted by molar-refractivity contribution is -0.180. The van der Waals surface area contributed by atoms with Gasteiger partial charge in [0.05, 0.1) is 6.04 Å². The minimum absolute atomic E-state index is 0.120. The van der Waals surface area contributed by atoms with E-state index in [1.54, 1.807) is 0 Å². The first-order chi connectivity index (χ1) is 11.8. The second kappa shape index (κ2) is 4.93. The van der Waals surface area contributed by atoms with Crippen LogP contribution in [0.5, 0.6) is 0 Å². The van der Waals surface area contributed by atoms with Gasteiger partial charge in [-0.15, -0.1) is 0 Å². The molecular weight excluding hydrogens is 298 g/mol. The highest BCUT2D eigenvalue weighted by atomic mass is 16.6. The molecule has 3 aliphatic heterocycles. The molecule has 1 aromatic rings. The number of carbonyl (C=O) groups excluding carboxylic acids is 1. The Bertz CT molecular complexity index is 778. The Hall–Kier alpha value is -2.13. The molecule has 4 aliphatic rings. The number of benzene rings is 1. The lowest BCUT2D eigenvalue weighted by Gasteiger charge is -2.57. The molecule has 3 nitrogen and oxygen atoms in total. The summed E-state index contributed by atoms with van der Waals surface area (Å²) < 4.78 is 6.18. The van der Waals surface area contributed by atoms with Gasteiger partial charge in [0, 0.05) is 12.1 Å². The molecule has 5 rings (SSSR count). The molecule has 3 heterocycles. The molecular formula is C21H21NO2. The number of rotatable bonds is 1. The van der Waals surface area contributed by atoms with Crippen LogP contribution in [0.25, 0.3) is 0 Å². The number of esters is 1. The summed E-state index contributed by atoms with van der Waals surface area (Å²) in [6, 6.07) is 10.4. The number of carbonyl (C=O) groups is 1. The van der Waals surface area contributed by atoms with Gasteiger partial charge in [0.2, 0.25) is 0 Å². The van der Waals surface area contributed by atoms with Gasteiger partial charge in [0.25, 0.3) is 0 Å². The van der Waals surface area contributed by atoms with Gasteiger partial charge in [-0.1, -0.05) is 67.1 Å². The van der Waals surface area contributed by atoms with Crippen molar-refractivity contribution in [3.63, 3.8) is 0 Å². The average Bonchev–Trinajstić information content (AvgIpc) is 2.75. The number of hydrogen-bond acceptors (Lipinski definition) is 3. The normalized spacial score (nSPS) is 37.2. The maximum absolute atomic E-state index is 13.2. The Labute approximate surface area is 142 Å². The lowest BCUT2D eigenvalue weighted by Crippen LogP contribution is -2.71. The van der Waals surface area contributed by atoms with Gasteiger partial charge in [0.15, 0.2) is 5.60 Å². The Kier molecular flexibility index (Phi) is 2.93. The smallest absolute Gasteiger partial charge is 0.325 e. The first-order valence-electron chi connectivity index (χ1n) is 8.87. The SMILES string of the molecule is O=C1O[C@]2(CN3CCCC[C@H]32)C2=CC=CC=C[C@@]12c1ccccc1. The van der Waals surface area contributed by atoms with Crippen LogP contribution in [-0.2, 0) is 14.9 Å². The van der Waals surface area contributed by atoms with Crippen molar-refractivity contribution in [1.29, 1.82) is 0 Å². The van der Waals surface area contributed by atoms with Crippen LogP contribution in [0, 0.1) is 0 Å². The molecule has 3 heteroatoms. The fraction of sp³-hybridized carbons (Fsp3) is 0.381. The zero-order chi connectivity index (χ0) is 16.2. The maximum Gasteiger partial charge on any atom is 0.325 e. The summed E-state index contributed by atoms with van der Waals surface area (Å²) in [6.07, 6.45) is 13.8. The van der Waals surface area contributed by atoms with E-state index in [1.165, 1.54) is 12.8 Å². The highest BCUT2D eigenvalue weighted by molar-refractivity contribution is 5.95. The van der Waals surface area contributed by atoms with Crippen molar-refractivity contribution >= 4 is 5.97 Å². The monoisotopic (exact) mass is 319 g/mol. The number of nitrogens with zero attached hydrogens (tertiary/aromatic N) is 1. The fourth-order valence-corrected chi connectivity index (χ4v) is 5.03. The largest absolute Gasteiger partial charge is 0.450 e. The first-order valence-corrected chi connectivity index (χ1v) is 8.87. The zero-order valence-corrected chi connectivity index (χ0v) is 13.7. The molecule has 24 heavy (non-hydrogen) atoms. The summed E-state index contributed by atoms with van der Waals surface area (Å²) in [5, 5.41) is 0. The van der Waals surface area contributed by atoms with Crippen molar-refractivity contribution in [2.24, 2.45) is 0 Å². The highest BCUT2D eigenvalue weighted by Crippen LogP contribution is 2.57. The quantitative estimate of drug-likeness (QED) is 0.745. The summed E-state index contributed by atoms with van der Waals surface area (Å²) in [6.45, 7) is 1.97. The Morgan fingerprint density at radius 3 is 2.79 bits per heavy atom. The molecule has 0 saturated carbocycles. The summed E-state index contributed by atoms with van der Waals surface area (Å²) in [4.78, 5) is 15.7. The van der Waals surface area contributed by atoms with E-state index < -0.39 is 11.0 Å². The molecule has 3 fully saturated rings. The predicted octanol–water partition coefficient (Wildman–Crippen LogP) is 3.14. The molecule has 122 valence electrons. The molecule has 1 spiro atoms. The third kappa shape index (κ3) is 1.63. The second-order valence-corrected chi connectivity index (χ2v) is 7.26. The van der Waals surface area contributed by atoms with Crippen molar-refractivity contribution in [3.8, 4) is 0 Å². The number of allylic oxidation sites excluding steroid dienone is 4. The van der Waals surface area contributed by atoms with Crippen LogP contribution in [0.3, 0.4) is 0 Å². The molecule has 0 bridgehead atoms. The van der Waals surface area contributed by atoms with E-state index in [4.69, 9.17) is 4.74 Å². The van der Waals surface area contributed by atoms with Gasteiger partial charge in [-0.2, -0.15) is 0 Å². The predicted molar refractivity (Wildman–Crippen MR) is 92.5 cm³/mol. The maximum atomic E-state index is 13.2. The Morgan fingerprint density at radius 2 is 1.96 bits per heavy atom. The molecule has 0 aromatic heterocycles. The van der Waals surface area contributed by atoms with Crippen molar-refractivity contribution < 1.29 is 9.53 Å². The van der Waals surface area contributed by atoms with Crippen LogP contribution < -0.4 is 0 Å². The Morgan fingerprint density at radius 1 is 1.08 bits per heavy atom. The minimum atomic E-state index is -0.770. The molecule has 3 atom stereocenters. The van der Waals surface area contributed by atoms with E-state index in [0.717, 1.165) is 30.6 Å². The molecule has 0 unspecified atom stereocenters. The van der Waals surface area contributed by atoms with Gasteiger partial charge >= 0.3 is 5.97 Å². The van der Waals surface area contributed by atoms with E-state index in [1.807, 2.05) is 54.6 Å². The second-order valence-electron chi connectivity index (χ2n) is 7.26. The van der Waals surface area contributed by atoms with Gasteiger partial charge in [-0.3, -0.25) is 9.69 Å². The van der Waals surface area contributed by atoms with Gasteiger partial charge < -0.3 is 4.74 Å². The number of ether oxygens (including phenoxy) is 1. The first kappa shape index (κ1) is 14.2. The highest BCUT2D eigenvalue weighted by Gasteiger charge is 2.69. The Balaban J connectivity index is 1.68. The van der Waals surface area contributed by atoms with Crippen molar-refractivity contribution in [1.82, 2.24) is 4.90 Å². The minimum Gasteiger partial charge on any atom is -0.450 e. The van der Waals surface area contributed by atoms with Crippen LogP contribution >= 0.6 is 0 Å². The summed E-state index contributed by atoms with van der Waals surface area (Å²) in [7, 11) is 0. The molecule has 0 N–H and O–H groups in total. The summed E-state index contributed by atoms with van der Waals surface area (Å²) >= 11 is 0. The third-order valence-electron chi connectivity index (χ3n) is 6.13. The fourth-order valence-electron chi connectivity index (χ4n) is 5.03. The molecule has 0 radical (unpaired) electrons. The van der Waals surface area contributed by atoms with Crippen molar-refractivity contribution in [3.05, 3.63) is 71.8 Å². The van der Waals surface area contributed by atoms with Gasteiger partial charge in [-0.05, 0) is 24.9 Å². The number of fused-ring (bicyclic) bond motifs is 4. The standard InChI is InChI=1S/C21H21NO2/c23-19-20(16-9-3-1-4-10-16)13-7-2-5-11-17(20)21(24-19)15-22-14-8-6-12-18(21)22/h1-5,7,9-11,13,18H,6,8,12,14-15H2/t18-,20-,21+/m0/s1. The molecule has 3 saturated heterocycles. The van der Waals surface area contributed by atoms with Gasteiger partial charge in [-0.25, -0.2) is 0 Å². The molecule has 1 aromatic carbocycles. The lowest BCUT2D eigenvalue weighted by atomic mass is 9.64. The molecule has 1 aliphatic carbocycles. The van der Waals surface area contributed by atoms with E-state index in [-0.39, 0.29) is 5.97 Å². The zero-order valence-electron chi connectivity index (χ0n) is 13.7. The summed E-state index contributed by atoms with van der Waals surface area (Å²) in [5.74, 6) is -0.120. The number of hydrogen-bond donors (Lipinski definition) is 0. The van der Waals surface area contributed by atoms with Crippen LogP contribution in [0.4, 0.5) is 0 Å².